The van der Waals surface area contributed by atoms with Gasteiger partial charge in [-0.3, -0.25) is 4.98 Å². The fourth-order valence-electron chi connectivity index (χ4n) is 3.33. The van der Waals surface area contributed by atoms with Crippen LogP contribution in [0.4, 0.5) is 11.5 Å². The molecule has 0 spiro atoms. The van der Waals surface area contributed by atoms with Crippen molar-refractivity contribution in [3.05, 3.63) is 84.8 Å². The number of hydrogen-bond acceptors (Lipinski definition) is 4. The van der Waals surface area contributed by atoms with Crippen molar-refractivity contribution < 1.29 is 0 Å². The second-order valence-electron chi connectivity index (χ2n) is 5.97. The van der Waals surface area contributed by atoms with Gasteiger partial charge in [-0.2, -0.15) is 0 Å². The van der Waals surface area contributed by atoms with E-state index in [4.69, 9.17) is 0 Å². The highest BCUT2D eigenvalue weighted by Gasteiger charge is 2.29. The number of piperazine rings is 1. The Labute approximate surface area is 142 Å². The predicted molar refractivity (Wildman–Crippen MR) is 97.2 cm³/mol. The van der Waals surface area contributed by atoms with E-state index in [1.807, 2.05) is 6.20 Å². The number of nitrogens with zero attached hydrogens (tertiary/aromatic N) is 4. The molecule has 2 heterocycles. The normalized spacial score (nSPS) is 17.8. The lowest BCUT2D eigenvalue weighted by Crippen LogP contribution is -2.49. The standard InChI is InChI=1S/C20H20N4/c1-3-7-17(8-4-1)19-16-23(18-9-5-2-6-10-18)13-14-24(19)20-15-21-11-12-22-20/h1-12,15,19H,13-14,16H2. The van der Waals surface area contributed by atoms with Crippen LogP contribution in [0.1, 0.15) is 11.6 Å². The van der Waals surface area contributed by atoms with Crippen LogP contribution in [0.3, 0.4) is 0 Å². The molecule has 1 aliphatic rings. The fourth-order valence-corrected chi connectivity index (χ4v) is 3.33. The SMILES string of the molecule is c1ccc(C2CN(c3ccccc3)CCN2c2cnccn2)cc1. The van der Waals surface area contributed by atoms with Crippen molar-refractivity contribution in [2.75, 3.05) is 29.4 Å². The van der Waals surface area contributed by atoms with Gasteiger partial charge in [-0.1, -0.05) is 48.5 Å². The summed E-state index contributed by atoms with van der Waals surface area (Å²) in [7, 11) is 0. The molecule has 2 aromatic carbocycles. The summed E-state index contributed by atoms with van der Waals surface area (Å²) in [6.07, 6.45) is 5.34. The summed E-state index contributed by atoms with van der Waals surface area (Å²) in [6, 6.07) is 21.5. The van der Waals surface area contributed by atoms with Crippen molar-refractivity contribution in [3.63, 3.8) is 0 Å². The molecule has 0 amide bonds. The molecule has 1 saturated heterocycles. The molecule has 1 aromatic heterocycles. The van der Waals surface area contributed by atoms with E-state index in [9.17, 15) is 0 Å². The molecule has 3 aromatic rings. The molecule has 24 heavy (non-hydrogen) atoms. The first kappa shape index (κ1) is 14.7. The number of aromatic nitrogens is 2. The highest BCUT2D eigenvalue weighted by atomic mass is 15.3. The smallest absolute Gasteiger partial charge is 0.147 e. The molecule has 1 atom stereocenters. The van der Waals surface area contributed by atoms with Crippen LogP contribution in [-0.4, -0.2) is 29.6 Å². The minimum atomic E-state index is 0.261. The van der Waals surface area contributed by atoms with Gasteiger partial charge < -0.3 is 9.80 Å². The highest BCUT2D eigenvalue weighted by Crippen LogP contribution is 2.31. The fraction of sp³-hybridized carbons (Fsp3) is 0.200. The van der Waals surface area contributed by atoms with E-state index in [-0.39, 0.29) is 6.04 Å². The number of rotatable bonds is 3. The van der Waals surface area contributed by atoms with Gasteiger partial charge in [-0.15, -0.1) is 0 Å². The van der Waals surface area contributed by atoms with Gasteiger partial charge in [0.25, 0.3) is 0 Å². The molecule has 1 fully saturated rings. The van der Waals surface area contributed by atoms with Crippen LogP contribution < -0.4 is 9.80 Å². The molecular formula is C20H20N4. The topological polar surface area (TPSA) is 32.3 Å². The molecule has 0 radical (unpaired) electrons. The average molecular weight is 316 g/mol. The second kappa shape index (κ2) is 6.71. The third-order valence-electron chi connectivity index (χ3n) is 4.53. The van der Waals surface area contributed by atoms with E-state index in [1.165, 1.54) is 11.3 Å². The Morgan fingerprint density at radius 3 is 2.29 bits per heavy atom. The lowest BCUT2D eigenvalue weighted by molar-refractivity contribution is 0.534. The van der Waals surface area contributed by atoms with Gasteiger partial charge in [0.1, 0.15) is 5.82 Å². The van der Waals surface area contributed by atoms with Crippen molar-refractivity contribution >= 4 is 11.5 Å². The van der Waals surface area contributed by atoms with Gasteiger partial charge in [0.05, 0.1) is 12.2 Å². The van der Waals surface area contributed by atoms with Crippen molar-refractivity contribution in [2.45, 2.75) is 6.04 Å². The van der Waals surface area contributed by atoms with Crippen LogP contribution in [0.2, 0.25) is 0 Å². The van der Waals surface area contributed by atoms with Crippen molar-refractivity contribution in [2.24, 2.45) is 0 Å². The molecule has 0 N–H and O–H groups in total. The van der Waals surface area contributed by atoms with E-state index in [0.717, 1.165) is 25.5 Å². The minimum absolute atomic E-state index is 0.261. The number of benzene rings is 2. The van der Waals surface area contributed by atoms with Crippen LogP contribution >= 0.6 is 0 Å². The van der Waals surface area contributed by atoms with E-state index >= 15 is 0 Å². The van der Waals surface area contributed by atoms with Crippen LogP contribution in [-0.2, 0) is 0 Å². The lowest BCUT2D eigenvalue weighted by atomic mass is 10.0. The van der Waals surface area contributed by atoms with Gasteiger partial charge >= 0.3 is 0 Å². The minimum Gasteiger partial charge on any atom is -0.367 e. The summed E-state index contributed by atoms with van der Waals surface area (Å²) >= 11 is 0. The zero-order valence-corrected chi connectivity index (χ0v) is 13.5. The van der Waals surface area contributed by atoms with Gasteiger partial charge in [0.15, 0.2) is 0 Å². The van der Waals surface area contributed by atoms with E-state index in [2.05, 4.69) is 80.4 Å². The van der Waals surface area contributed by atoms with Crippen molar-refractivity contribution in [3.8, 4) is 0 Å². The predicted octanol–water partition coefficient (Wildman–Crippen LogP) is 3.54. The Bertz CT molecular complexity index is 761. The first-order valence-corrected chi connectivity index (χ1v) is 8.29. The second-order valence-corrected chi connectivity index (χ2v) is 5.97. The summed E-state index contributed by atoms with van der Waals surface area (Å²) in [4.78, 5) is 13.6. The maximum atomic E-state index is 4.52. The quantitative estimate of drug-likeness (QED) is 0.740. The average Bonchev–Trinajstić information content (AvgIpc) is 2.69. The number of para-hydroxylation sites is 1. The molecule has 0 aliphatic carbocycles. The molecule has 120 valence electrons. The monoisotopic (exact) mass is 316 g/mol. The molecule has 1 aliphatic heterocycles. The van der Waals surface area contributed by atoms with E-state index in [0.29, 0.717) is 0 Å². The summed E-state index contributed by atoms with van der Waals surface area (Å²) in [5, 5.41) is 0. The largest absolute Gasteiger partial charge is 0.367 e. The summed E-state index contributed by atoms with van der Waals surface area (Å²) in [5.41, 5.74) is 2.58. The van der Waals surface area contributed by atoms with Gasteiger partial charge in [-0.25, -0.2) is 4.98 Å². The van der Waals surface area contributed by atoms with Crippen molar-refractivity contribution in [1.29, 1.82) is 0 Å². The Balaban J connectivity index is 1.67. The molecule has 4 rings (SSSR count). The van der Waals surface area contributed by atoms with Crippen molar-refractivity contribution in [1.82, 2.24) is 9.97 Å². The summed E-state index contributed by atoms with van der Waals surface area (Å²) in [6.45, 7) is 2.83. The number of hydrogen-bond donors (Lipinski definition) is 0. The molecule has 0 saturated carbocycles. The van der Waals surface area contributed by atoms with Crippen LogP contribution in [0.5, 0.6) is 0 Å². The zero-order valence-electron chi connectivity index (χ0n) is 13.5. The maximum absolute atomic E-state index is 4.52. The first-order chi connectivity index (χ1) is 11.9. The van der Waals surface area contributed by atoms with Gasteiger partial charge in [0.2, 0.25) is 0 Å². The maximum Gasteiger partial charge on any atom is 0.147 e. The Kier molecular flexibility index (Phi) is 4.11. The Hall–Kier alpha value is -2.88. The van der Waals surface area contributed by atoms with E-state index in [1.54, 1.807) is 12.4 Å². The number of anilines is 2. The van der Waals surface area contributed by atoms with Gasteiger partial charge in [0, 0.05) is 37.7 Å². The van der Waals surface area contributed by atoms with E-state index < -0.39 is 0 Å². The summed E-state index contributed by atoms with van der Waals surface area (Å²) < 4.78 is 0. The molecule has 4 nitrogen and oxygen atoms in total. The third kappa shape index (κ3) is 2.95. The Morgan fingerprint density at radius 1 is 0.833 bits per heavy atom. The molecular weight excluding hydrogens is 296 g/mol. The Morgan fingerprint density at radius 2 is 1.58 bits per heavy atom. The zero-order chi connectivity index (χ0) is 16.2. The highest BCUT2D eigenvalue weighted by molar-refractivity contribution is 5.51. The van der Waals surface area contributed by atoms with Gasteiger partial charge in [-0.05, 0) is 17.7 Å². The molecule has 0 bridgehead atoms. The van der Waals surface area contributed by atoms with Crippen LogP contribution in [0, 0.1) is 0 Å². The van der Waals surface area contributed by atoms with Crippen LogP contribution in [0.15, 0.2) is 79.3 Å². The third-order valence-corrected chi connectivity index (χ3v) is 4.53. The first-order valence-electron chi connectivity index (χ1n) is 8.29. The molecule has 1 unspecified atom stereocenters. The lowest BCUT2D eigenvalue weighted by Gasteiger charge is -2.43. The summed E-state index contributed by atoms with van der Waals surface area (Å²) in [5.74, 6) is 0.944. The van der Waals surface area contributed by atoms with Crippen LogP contribution in [0.25, 0.3) is 0 Å². The molecule has 4 heteroatoms.